The molecule has 1 saturated heterocycles. The Morgan fingerprint density at radius 1 is 1.00 bits per heavy atom. The summed E-state index contributed by atoms with van der Waals surface area (Å²) in [6.07, 6.45) is 1.19. The number of hydrogen-bond donors (Lipinski definition) is 1. The van der Waals surface area contributed by atoms with Crippen LogP contribution in [0, 0.1) is 0 Å². The van der Waals surface area contributed by atoms with E-state index in [1.54, 1.807) is 24.3 Å². The maximum absolute atomic E-state index is 12.6. The molecule has 6 heteroatoms. The number of nitrogens with one attached hydrogen (secondary N) is 1. The second-order valence-corrected chi connectivity index (χ2v) is 6.37. The molecule has 1 N–H and O–H groups in total. The van der Waals surface area contributed by atoms with Gasteiger partial charge in [0.15, 0.2) is 0 Å². The lowest BCUT2D eigenvalue weighted by Crippen LogP contribution is -2.32. The maximum Gasteiger partial charge on any atom is 0.251 e. The first-order valence-electron chi connectivity index (χ1n) is 8.62. The molecular weight excluding hydrogens is 332 g/mol. The highest BCUT2D eigenvalue weighted by atomic mass is 16.5. The van der Waals surface area contributed by atoms with Crippen LogP contribution in [0.3, 0.4) is 0 Å². The number of imide groups is 1. The number of rotatable bonds is 3. The summed E-state index contributed by atoms with van der Waals surface area (Å²) in [5.74, 6) is 0.194. The van der Waals surface area contributed by atoms with E-state index in [-0.39, 0.29) is 36.6 Å². The van der Waals surface area contributed by atoms with E-state index >= 15 is 0 Å². The number of para-hydroxylation sites is 1. The summed E-state index contributed by atoms with van der Waals surface area (Å²) < 4.78 is 5.61. The lowest BCUT2D eigenvalue weighted by Gasteiger charge is -2.26. The third-order valence-corrected chi connectivity index (χ3v) is 4.70. The van der Waals surface area contributed by atoms with E-state index in [1.807, 2.05) is 24.3 Å². The predicted molar refractivity (Wildman–Crippen MR) is 94.9 cm³/mol. The van der Waals surface area contributed by atoms with Gasteiger partial charge in [0.25, 0.3) is 5.91 Å². The lowest BCUT2D eigenvalue weighted by molar-refractivity contribution is -0.121. The van der Waals surface area contributed by atoms with Gasteiger partial charge < -0.3 is 10.1 Å². The highest BCUT2D eigenvalue weighted by Crippen LogP contribution is 2.31. The molecule has 1 atom stereocenters. The lowest BCUT2D eigenvalue weighted by atomic mass is 10.00. The fourth-order valence-electron chi connectivity index (χ4n) is 3.36. The van der Waals surface area contributed by atoms with Gasteiger partial charge in [0, 0.05) is 30.4 Å². The van der Waals surface area contributed by atoms with E-state index in [1.165, 1.54) is 4.90 Å². The summed E-state index contributed by atoms with van der Waals surface area (Å²) in [6.45, 7) is 0.556. The Morgan fingerprint density at radius 3 is 2.42 bits per heavy atom. The van der Waals surface area contributed by atoms with Crippen LogP contribution in [-0.4, -0.2) is 24.3 Å². The number of nitrogens with zero attached hydrogens (tertiary/aromatic N) is 1. The number of fused-ring (bicyclic) bond motifs is 1. The highest BCUT2D eigenvalue weighted by Gasteiger charge is 2.30. The number of benzene rings is 2. The van der Waals surface area contributed by atoms with Crippen LogP contribution in [0.25, 0.3) is 0 Å². The summed E-state index contributed by atoms with van der Waals surface area (Å²) >= 11 is 0. The molecule has 2 aromatic carbocycles. The van der Waals surface area contributed by atoms with Crippen molar-refractivity contribution in [3.8, 4) is 5.75 Å². The van der Waals surface area contributed by atoms with E-state index in [0.717, 1.165) is 11.3 Å². The van der Waals surface area contributed by atoms with Crippen LogP contribution < -0.4 is 15.0 Å². The van der Waals surface area contributed by atoms with Crippen molar-refractivity contribution in [2.24, 2.45) is 0 Å². The Bertz CT molecular complexity index is 860. The largest absolute Gasteiger partial charge is 0.493 e. The van der Waals surface area contributed by atoms with Crippen molar-refractivity contribution < 1.29 is 19.1 Å². The Labute approximate surface area is 150 Å². The first-order chi connectivity index (χ1) is 12.6. The molecule has 2 heterocycles. The summed E-state index contributed by atoms with van der Waals surface area (Å²) in [6, 6.07) is 14.1. The smallest absolute Gasteiger partial charge is 0.251 e. The van der Waals surface area contributed by atoms with Crippen LogP contribution in [-0.2, 0) is 9.59 Å². The van der Waals surface area contributed by atoms with E-state index in [0.29, 0.717) is 24.3 Å². The van der Waals surface area contributed by atoms with Crippen molar-refractivity contribution >= 4 is 23.4 Å². The molecule has 2 aliphatic heterocycles. The number of carbonyl (C=O) groups excluding carboxylic acids is 3. The number of hydrogen-bond acceptors (Lipinski definition) is 4. The first kappa shape index (κ1) is 16.3. The van der Waals surface area contributed by atoms with Crippen molar-refractivity contribution in [3.63, 3.8) is 0 Å². The monoisotopic (exact) mass is 350 g/mol. The van der Waals surface area contributed by atoms with Gasteiger partial charge in [-0.1, -0.05) is 18.2 Å². The Morgan fingerprint density at radius 2 is 1.69 bits per heavy atom. The van der Waals surface area contributed by atoms with E-state index < -0.39 is 0 Å². The Balaban J connectivity index is 1.49. The molecule has 132 valence electrons. The minimum atomic E-state index is -0.203. The summed E-state index contributed by atoms with van der Waals surface area (Å²) in [7, 11) is 0. The van der Waals surface area contributed by atoms with E-state index in [4.69, 9.17) is 4.74 Å². The number of carbonyl (C=O) groups is 3. The molecule has 2 aliphatic rings. The van der Waals surface area contributed by atoms with Gasteiger partial charge in [0.2, 0.25) is 11.8 Å². The van der Waals surface area contributed by atoms with Gasteiger partial charge in [-0.3, -0.25) is 19.3 Å². The third kappa shape index (κ3) is 2.94. The second-order valence-electron chi connectivity index (χ2n) is 6.37. The van der Waals surface area contributed by atoms with Crippen LogP contribution in [0.1, 0.15) is 41.2 Å². The molecule has 0 radical (unpaired) electrons. The van der Waals surface area contributed by atoms with E-state index in [2.05, 4.69) is 5.32 Å². The average Bonchev–Trinajstić information content (AvgIpc) is 3.00. The molecule has 0 bridgehead atoms. The predicted octanol–water partition coefficient (Wildman–Crippen LogP) is 2.59. The van der Waals surface area contributed by atoms with Crippen LogP contribution >= 0.6 is 0 Å². The van der Waals surface area contributed by atoms with Crippen LogP contribution in [0.5, 0.6) is 5.75 Å². The molecule has 1 fully saturated rings. The molecule has 2 aromatic rings. The molecule has 0 aromatic heterocycles. The highest BCUT2D eigenvalue weighted by molar-refractivity contribution is 6.19. The molecule has 6 nitrogen and oxygen atoms in total. The minimum absolute atomic E-state index is 0.103. The minimum Gasteiger partial charge on any atom is -0.493 e. The van der Waals surface area contributed by atoms with Crippen molar-refractivity contribution in [3.05, 3.63) is 59.7 Å². The van der Waals surface area contributed by atoms with Gasteiger partial charge in [0.1, 0.15) is 5.75 Å². The van der Waals surface area contributed by atoms with Crippen LogP contribution in [0.15, 0.2) is 48.5 Å². The zero-order valence-electron chi connectivity index (χ0n) is 14.1. The average molecular weight is 350 g/mol. The SMILES string of the molecule is O=C(N[C@@H]1CCOc2ccccc21)c1ccc(N2C(=O)CCC2=O)cc1. The summed E-state index contributed by atoms with van der Waals surface area (Å²) in [5, 5.41) is 3.03. The van der Waals surface area contributed by atoms with Crippen LogP contribution in [0.2, 0.25) is 0 Å². The number of anilines is 1. The third-order valence-electron chi connectivity index (χ3n) is 4.70. The topological polar surface area (TPSA) is 75.7 Å². The number of ether oxygens (including phenoxy) is 1. The zero-order valence-corrected chi connectivity index (χ0v) is 14.1. The van der Waals surface area contributed by atoms with Crippen LogP contribution in [0.4, 0.5) is 5.69 Å². The van der Waals surface area contributed by atoms with Gasteiger partial charge in [-0.15, -0.1) is 0 Å². The van der Waals surface area contributed by atoms with Crippen molar-refractivity contribution in [1.29, 1.82) is 0 Å². The first-order valence-corrected chi connectivity index (χ1v) is 8.62. The molecule has 0 saturated carbocycles. The molecule has 26 heavy (non-hydrogen) atoms. The fourth-order valence-corrected chi connectivity index (χ4v) is 3.36. The Kier molecular flexibility index (Phi) is 4.16. The van der Waals surface area contributed by atoms with Gasteiger partial charge in [-0.2, -0.15) is 0 Å². The van der Waals surface area contributed by atoms with Gasteiger partial charge in [-0.05, 0) is 30.3 Å². The molecule has 0 spiro atoms. The molecule has 3 amide bonds. The maximum atomic E-state index is 12.6. The summed E-state index contributed by atoms with van der Waals surface area (Å²) in [5.41, 5.74) is 1.96. The Hall–Kier alpha value is -3.15. The van der Waals surface area contributed by atoms with E-state index in [9.17, 15) is 14.4 Å². The molecule has 0 unspecified atom stereocenters. The second kappa shape index (κ2) is 6.63. The molecule has 0 aliphatic carbocycles. The van der Waals surface area contributed by atoms with Gasteiger partial charge in [0.05, 0.1) is 18.3 Å². The van der Waals surface area contributed by atoms with Crippen molar-refractivity contribution in [2.75, 3.05) is 11.5 Å². The quantitative estimate of drug-likeness (QED) is 0.864. The van der Waals surface area contributed by atoms with Crippen molar-refractivity contribution in [2.45, 2.75) is 25.3 Å². The summed E-state index contributed by atoms with van der Waals surface area (Å²) in [4.78, 5) is 37.4. The molecule has 4 rings (SSSR count). The van der Waals surface area contributed by atoms with Crippen molar-refractivity contribution in [1.82, 2.24) is 5.32 Å². The fraction of sp³-hybridized carbons (Fsp3) is 0.250. The number of amides is 3. The van der Waals surface area contributed by atoms with Gasteiger partial charge in [-0.25, -0.2) is 0 Å². The zero-order chi connectivity index (χ0) is 18.1. The standard InChI is InChI=1S/C20H18N2O4/c23-18-9-10-19(24)22(18)14-7-5-13(6-8-14)20(25)21-16-11-12-26-17-4-2-1-3-15(16)17/h1-8,16H,9-12H2,(H,21,25)/t16-/m1/s1. The molecular formula is C20H18N2O4. The van der Waals surface area contributed by atoms with Gasteiger partial charge >= 0.3 is 0 Å². The normalized spacial score (nSPS) is 19.1.